The fourth-order valence-electron chi connectivity index (χ4n) is 3.38. The van der Waals surface area contributed by atoms with E-state index in [0.29, 0.717) is 0 Å². The van der Waals surface area contributed by atoms with E-state index < -0.39 is 28.6 Å². The number of rotatable bonds is 3. The minimum atomic E-state index is -1.35. The van der Waals surface area contributed by atoms with Crippen molar-refractivity contribution in [1.29, 1.82) is 0 Å². The van der Waals surface area contributed by atoms with Gasteiger partial charge in [0, 0.05) is 22.8 Å². The van der Waals surface area contributed by atoms with E-state index in [2.05, 4.69) is 58.9 Å². The van der Waals surface area contributed by atoms with Crippen LogP contribution in [-0.4, -0.2) is 28.6 Å². The molecule has 0 aliphatic heterocycles. The lowest BCUT2D eigenvalue weighted by molar-refractivity contribution is 1.76. The van der Waals surface area contributed by atoms with Crippen LogP contribution in [0.3, 0.4) is 0 Å². The molecule has 0 spiro atoms. The Hall–Kier alpha value is 1.22. The van der Waals surface area contributed by atoms with Gasteiger partial charge in [0.1, 0.15) is 0 Å². The van der Waals surface area contributed by atoms with Crippen molar-refractivity contribution in [1.82, 2.24) is 0 Å². The zero-order chi connectivity index (χ0) is 12.0. The molecule has 14 heavy (non-hydrogen) atoms. The van der Waals surface area contributed by atoms with Crippen molar-refractivity contribution in [3.8, 4) is 0 Å². The van der Waals surface area contributed by atoms with Crippen molar-refractivity contribution in [3.63, 3.8) is 0 Å². The highest BCUT2D eigenvalue weighted by molar-refractivity contribution is 8.31. The normalized spacial score (nSPS) is 15.9. The predicted molar refractivity (Wildman–Crippen MR) is 83.2 cm³/mol. The van der Waals surface area contributed by atoms with Gasteiger partial charge >= 0.3 is 0 Å². The summed E-state index contributed by atoms with van der Waals surface area (Å²) in [6.45, 7) is 22.8. The molecule has 0 aliphatic carbocycles. The molecule has 0 atom stereocenters. The number of hydrogen-bond acceptors (Lipinski definition) is 1. The lowest BCUT2D eigenvalue weighted by atomic mass is 11.8. The molecule has 0 aliphatic rings. The van der Waals surface area contributed by atoms with E-state index in [0.717, 1.165) is 0 Å². The first-order chi connectivity index (χ1) is 5.75. The fraction of sp³-hybridized carbons (Fsp3) is 1.00. The molecule has 0 bridgehead atoms. The average Bonchev–Trinajstić information content (AvgIpc) is 1.77. The van der Waals surface area contributed by atoms with E-state index in [1.54, 1.807) is 0 Å². The smallest absolute Gasteiger partial charge is 0.00961 e. The highest BCUT2D eigenvalue weighted by atomic mass is 32.4. The van der Waals surface area contributed by atoms with E-state index >= 15 is 0 Å². The molecule has 0 radical (unpaired) electrons. The van der Waals surface area contributed by atoms with Gasteiger partial charge in [0.15, 0.2) is 0 Å². The first kappa shape index (κ1) is 15.2. The molecule has 5 heteroatoms. The second-order valence-electron chi connectivity index (χ2n) is 7.43. The molecule has 0 N–H and O–H groups in total. The standard InChI is InChI=1S/C9H27SSi4/c1-11(2,3)14(10,12(4,5)6)13(7,8)9/h1-9H3/q-1. The monoisotopic (exact) mass is 279 g/mol. The Morgan fingerprint density at radius 2 is 0.643 bits per heavy atom. The van der Waals surface area contributed by atoms with Crippen LogP contribution in [0.1, 0.15) is 0 Å². The summed E-state index contributed by atoms with van der Waals surface area (Å²) < 4.78 is 0. The molecule has 0 aromatic carbocycles. The molecule has 0 unspecified atom stereocenters. The summed E-state index contributed by atoms with van der Waals surface area (Å²) in [6.07, 6.45) is 0. The maximum atomic E-state index is 6.34. The van der Waals surface area contributed by atoms with Crippen LogP contribution in [0.2, 0.25) is 58.9 Å². The maximum Gasteiger partial charge on any atom is 0.00961 e. The van der Waals surface area contributed by atoms with Gasteiger partial charge in [0.05, 0.1) is 0 Å². The first-order valence-corrected chi connectivity index (χ1v) is 22.1. The second-order valence-corrected chi connectivity index (χ2v) is 52.1. The van der Waals surface area contributed by atoms with Crippen LogP contribution >= 0.6 is 0 Å². The molecule has 0 amide bonds. The van der Waals surface area contributed by atoms with Gasteiger partial charge < -0.3 is 12.1 Å². The van der Waals surface area contributed by atoms with Crippen LogP contribution in [0.4, 0.5) is 0 Å². The Balaban J connectivity index is 5.54. The summed E-state index contributed by atoms with van der Waals surface area (Å²) in [5, 5.41) is 0. The van der Waals surface area contributed by atoms with Crippen molar-refractivity contribution >= 4 is 40.6 Å². The molecular formula is C9H27SSi4-. The van der Waals surface area contributed by atoms with Gasteiger partial charge in [0.2, 0.25) is 0 Å². The molecule has 0 heterocycles. The van der Waals surface area contributed by atoms with Crippen molar-refractivity contribution in [3.05, 3.63) is 0 Å². The summed E-state index contributed by atoms with van der Waals surface area (Å²) in [7, 11) is -3.31. The zero-order valence-electron chi connectivity index (χ0n) is 11.4. The van der Waals surface area contributed by atoms with Gasteiger partial charge in [-0.3, -0.25) is 0 Å². The molecule has 0 rings (SSSR count). The van der Waals surface area contributed by atoms with Crippen LogP contribution in [-0.2, 0) is 12.1 Å². The minimum Gasteiger partial charge on any atom is -0.802 e. The fourth-order valence-corrected chi connectivity index (χ4v) is 91.1. The highest BCUT2D eigenvalue weighted by Crippen LogP contribution is 2.35. The van der Waals surface area contributed by atoms with E-state index in [1.165, 1.54) is 0 Å². The van der Waals surface area contributed by atoms with Crippen LogP contribution in [0.5, 0.6) is 0 Å². The van der Waals surface area contributed by atoms with Gasteiger partial charge in [-0.05, 0) is 0 Å². The quantitative estimate of drug-likeness (QED) is 0.560. The first-order valence-electron chi connectivity index (χ1n) is 5.45. The summed E-state index contributed by atoms with van der Waals surface area (Å²) in [5.74, 6) is -1.35. The zero-order valence-corrected chi connectivity index (χ0v) is 16.2. The van der Waals surface area contributed by atoms with E-state index in [9.17, 15) is 0 Å². The largest absolute Gasteiger partial charge is 0.802 e. The molecular weight excluding hydrogens is 253 g/mol. The van der Waals surface area contributed by atoms with Crippen molar-refractivity contribution in [2.45, 2.75) is 58.9 Å². The lowest BCUT2D eigenvalue weighted by Crippen LogP contribution is -2.81. The lowest BCUT2D eigenvalue weighted by Gasteiger charge is -2.65. The van der Waals surface area contributed by atoms with Gasteiger partial charge in [-0.25, -0.2) is 0 Å². The summed E-state index contributed by atoms with van der Waals surface area (Å²) in [5.41, 5.74) is 0. The Morgan fingerprint density at radius 3 is 0.643 bits per heavy atom. The van der Waals surface area contributed by atoms with Crippen molar-refractivity contribution < 1.29 is 0 Å². The van der Waals surface area contributed by atoms with Gasteiger partial charge in [-0.1, -0.05) is 64.7 Å². The summed E-state index contributed by atoms with van der Waals surface area (Å²) in [4.78, 5) is 0. The Morgan fingerprint density at radius 1 is 0.500 bits per heavy atom. The topological polar surface area (TPSA) is 0 Å². The van der Waals surface area contributed by atoms with Crippen LogP contribution < -0.4 is 0 Å². The molecule has 0 aromatic heterocycles. The SMILES string of the molecule is C[Si](C)(C)[Si]([S-])([Si](C)(C)C)[Si](C)(C)C. The summed E-state index contributed by atoms with van der Waals surface area (Å²) >= 11 is 6.34. The van der Waals surface area contributed by atoms with E-state index in [4.69, 9.17) is 12.1 Å². The van der Waals surface area contributed by atoms with E-state index in [1.807, 2.05) is 0 Å². The van der Waals surface area contributed by atoms with Crippen molar-refractivity contribution in [2.75, 3.05) is 0 Å². The summed E-state index contributed by atoms with van der Waals surface area (Å²) in [6, 6.07) is 0. The third-order valence-electron chi connectivity index (χ3n) is 3.17. The Labute approximate surface area is 99.3 Å². The highest BCUT2D eigenvalue weighted by Gasteiger charge is 2.50. The molecule has 0 aromatic rings. The van der Waals surface area contributed by atoms with Gasteiger partial charge in [0.25, 0.3) is 0 Å². The second kappa shape index (κ2) is 3.91. The molecule has 0 saturated heterocycles. The third-order valence-corrected chi connectivity index (χ3v) is 85.6. The average molecular weight is 280 g/mol. The Kier molecular flexibility index (Phi) is 4.25. The van der Waals surface area contributed by atoms with Crippen molar-refractivity contribution in [2.24, 2.45) is 0 Å². The van der Waals surface area contributed by atoms with Crippen LogP contribution in [0, 0.1) is 0 Å². The molecule has 0 nitrogen and oxygen atoms in total. The van der Waals surface area contributed by atoms with Crippen LogP contribution in [0.25, 0.3) is 0 Å². The molecule has 0 fully saturated rings. The minimum absolute atomic E-state index is 1.10. The Bertz CT molecular complexity index is 170. The maximum absolute atomic E-state index is 6.34. The third kappa shape index (κ3) is 2.48. The molecule has 86 valence electrons. The van der Waals surface area contributed by atoms with Gasteiger partial charge in [-0.2, -0.15) is 0 Å². The van der Waals surface area contributed by atoms with Crippen LogP contribution in [0.15, 0.2) is 0 Å². The molecule has 0 saturated carbocycles. The van der Waals surface area contributed by atoms with E-state index in [-0.39, 0.29) is 0 Å². The van der Waals surface area contributed by atoms with Gasteiger partial charge in [-0.15, -0.1) is 0 Å². The number of hydrogen-bond donors (Lipinski definition) is 0. The predicted octanol–water partition coefficient (Wildman–Crippen LogP) is 3.73.